The number of carboxylic acid groups (broad SMARTS) is 1. The van der Waals surface area contributed by atoms with Gasteiger partial charge in [-0.05, 0) is 12.3 Å². The molecule has 1 unspecified atom stereocenters. The molecule has 1 fully saturated rings. The van der Waals surface area contributed by atoms with Crippen LogP contribution in [0.25, 0.3) is 0 Å². The average molecular weight is 261 g/mol. The molecule has 0 aliphatic carbocycles. The zero-order valence-electron chi connectivity index (χ0n) is 10.7. The van der Waals surface area contributed by atoms with E-state index in [9.17, 15) is 4.79 Å². The molecule has 4 nitrogen and oxygen atoms in total. The van der Waals surface area contributed by atoms with Gasteiger partial charge in [-0.1, -0.05) is 13.8 Å². The van der Waals surface area contributed by atoms with Crippen molar-refractivity contribution in [3.8, 4) is 0 Å². The minimum atomic E-state index is -0.709. The van der Waals surface area contributed by atoms with Crippen LogP contribution in [0.1, 0.15) is 20.3 Å². The van der Waals surface area contributed by atoms with Gasteiger partial charge in [0, 0.05) is 31.2 Å². The Hall–Kier alpha value is -0.260. The molecule has 0 radical (unpaired) electrons. The van der Waals surface area contributed by atoms with Gasteiger partial charge in [-0.15, -0.1) is 0 Å². The van der Waals surface area contributed by atoms with Crippen LogP contribution in [0.4, 0.5) is 0 Å². The number of ether oxygens (including phenoxy) is 1. The molecule has 100 valence electrons. The quantitative estimate of drug-likeness (QED) is 0.705. The summed E-state index contributed by atoms with van der Waals surface area (Å²) in [6, 6.07) is -0.331. The SMILES string of the molecule is CC(C)CCOCCN1CCSCC1C(=O)O. The first-order valence-electron chi connectivity index (χ1n) is 6.23. The molecule has 1 heterocycles. The maximum atomic E-state index is 11.0. The average Bonchev–Trinajstić information content (AvgIpc) is 2.28. The molecule has 0 spiro atoms. The molecule has 1 rings (SSSR count). The van der Waals surface area contributed by atoms with Crippen molar-refractivity contribution in [2.45, 2.75) is 26.3 Å². The van der Waals surface area contributed by atoms with Crippen LogP contribution in [0.15, 0.2) is 0 Å². The lowest BCUT2D eigenvalue weighted by molar-refractivity contribution is -0.142. The molecule has 1 aliphatic rings. The zero-order chi connectivity index (χ0) is 12.7. The Labute approximate surface area is 108 Å². The summed E-state index contributed by atoms with van der Waals surface area (Å²) in [6.45, 7) is 7.35. The van der Waals surface area contributed by atoms with E-state index in [0.29, 0.717) is 18.3 Å². The summed E-state index contributed by atoms with van der Waals surface area (Å²) in [6.07, 6.45) is 1.07. The van der Waals surface area contributed by atoms with Crippen molar-refractivity contribution >= 4 is 17.7 Å². The van der Waals surface area contributed by atoms with Gasteiger partial charge in [0.2, 0.25) is 0 Å². The van der Waals surface area contributed by atoms with Gasteiger partial charge in [0.1, 0.15) is 6.04 Å². The Kier molecular flexibility index (Phi) is 6.92. The molecule has 0 amide bonds. The van der Waals surface area contributed by atoms with E-state index in [-0.39, 0.29) is 6.04 Å². The predicted octanol–water partition coefficient (Wildman–Crippen LogP) is 1.55. The van der Waals surface area contributed by atoms with E-state index < -0.39 is 5.97 Å². The molecule has 0 saturated carbocycles. The molecule has 1 saturated heterocycles. The molecule has 1 atom stereocenters. The van der Waals surface area contributed by atoms with E-state index in [0.717, 1.165) is 31.9 Å². The fraction of sp³-hybridized carbons (Fsp3) is 0.917. The van der Waals surface area contributed by atoms with E-state index >= 15 is 0 Å². The third-order valence-corrected chi connectivity index (χ3v) is 3.91. The summed E-state index contributed by atoms with van der Waals surface area (Å²) in [5, 5.41) is 9.09. The Morgan fingerprint density at radius 1 is 1.53 bits per heavy atom. The second-order valence-electron chi connectivity index (χ2n) is 4.76. The Balaban J connectivity index is 2.17. The smallest absolute Gasteiger partial charge is 0.321 e. The summed E-state index contributed by atoms with van der Waals surface area (Å²) in [7, 11) is 0. The fourth-order valence-electron chi connectivity index (χ4n) is 1.74. The Morgan fingerprint density at radius 3 is 2.94 bits per heavy atom. The maximum Gasteiger partial charge on any atom is 0.321 e. The molecule has 0 aromatic heterocycles. The van der Waals surface area contributed by atoms with Crippen LogP contribution in [0.3, 0.4) is 0 Å². The number of carbonyl (C=O) groups is 1. The molecule has 0 aromatic rings. The van der Waals surface area contributed by atoms with Crippen molar-refractivity contribution in [3.63, 3.8) is 0 Å². The lowest BCUT2D eigenvalue weighted by Crippen LogP contribution is -2.48. The Morgan fingerprint density at radius 2 is 2.29 bits per heavy atom. The standard InChI is InChI=1S/C12H23NO3S/c1-10(2)3-6-16-7-4-13-5-8-17-9-11(13)12(14)15/h10-11H,3-9H2,1-2H3,(H,14,15). The monoisotopic (exact) mass is 261 g/mol. The fourth-order valence-corrected chi connectivity index (χ4v) is 2.84. The summed E-state index contributed by atoms with van der Waals surface area (Å²) >= 11 is 1.72. The van der Waals surface area contributed by atoms with E-state index in [4.69, 9.17) is 9.84 Å². The Bertz CT molecular complexity index is 236. The van der Waals surface area contributed by atoms with Crippen LogP contribution < -0.4 is 0 Å². The highest BCUT2D eigenvalue weighted by molar-refractivity contribution is 7.99. The van der Waals surface area contributed by atoms with Crippen LogP contribution in [-0.2, 0) is 9.53 Å². The molecular formula is C12H23NO3S. The van der Waals surface area contributed by atoms with Gasteiger partial charge >= 0.3 is 5.97 Å². The summed E-state index contributed by atoms with van der Waals surface area (Å²) < 4.78 is 5.53. The first kappa shape index (κ1) is 14.8. The van der Waals surface area contributed by atoms with Crippen LogP contribution in [0, 0.1) is 5.92 Å². The number of thioether (sulfide) groups is 1. The second kappa shape index (κ2) is 7.95. The van der Waals surface area contributed by atoms with E-state index in [1.807, 2.05) is 4.90 Å². The minimum Gasteiger partial charge on any atom is -0.480 e. The lowest BCUT2D eigenvalue weighted by Gasteiger charge is -2.32. The highest BCUT2D eigenvalue weighted by Crippen LogP contribution is 2.16. The molecule has 17 heavy (non-hydrogen) atoms. The number of hydrogen-bond acceptors (Lipinski definition) is 4. The third kappa shape index (κ3) is 5.75. The van der Waals surface area contributed by atoms with E-state index in [1.54, 1.807) is 11.8 Å². The van der Waals surface area contributed by atoms with Crippen LogP contribution in [0.2, 0.25) is 0 Å². The van der Waals surface area contributed by atoms with Crippen LogP contribution in [0.5, 0.6) is 0 Å². The topological polar surface area (TPSA) is 49.8 Å². The minimum absolute atomic E-state index is 0.331. The van der Waals surface area contributed by atoms with Crippen molar-refractivity contribution in [2.24, 2.45) is 5.92 Å². The number of aliphatic carboxylic acids is 1. The van der Waals surface area contributed by atoms with Crippen molar-refractivity contribution in [2.75, 3.05) is 37.8 Å². The largest absolute Gasteiger partial charge is 0.480 e. The van der Waals surface area contributed by atoms with Crippen molar-refractivity contribution in [1.82, 2.24) is 4.90 Å². The van der Waals surface area contributed by atoms with Crippen molar-refractivity contribution in [3.05, 3.63) is 0 Å². The second-order valence-corrected chi connectivity index (χ2v) is 5.91. The molecule has 0 bridgehead atoms. The predicted molar refractivity (Wildman–Crippen MR) is 70.6 cm³/mol. The highest BCUT2D eigenvalue weighted by Gasteiger charge is 2.28. The molecule has 5 heteroatoms. The summed E-state index contributed by atoms with van der Waals surface area (Å²) in [5.74, 6) is 1.67. The normalized spacial score (nSPS) is 21.9. The first-order valence-corrected chi connectivity index (χ1v) is 7.39. The maximum absolute atomic E-state index is 11.0. The van der Waals surface area contributed by atoms with Crippen LogP contribution >= 0.6 is 11.8 Å². The lowest BCUT2D eigenvalue weighted by atomic mass is 10.1. The molecule has 1 aliphatic heterocycles. The van der Waals surface area contributed by atoms with Gasteiger partial charge in [0.25, 0.3) is 0 Å². The van der Waals surface area contributed by atoms with E-state index in [1.165, 1.54) is 0 Å². The van der Waals surface area contributed by atoms with E-state index in [2.05, 4.69) is 13.8 Å². The third-order valence-electron chi connectivity index (χ3n) is 2.89. The van der Waals surface area contributed by atoms with Gasteiger partial charge in [0.15, 0.2) is 0 Å². The van der Waals surface area contributed by atoms with Crippen LogP contribution in [-0.4, -0.2) is 59.8 Å². The first-order chi connectivity index (χ1) is 8.11. The molecule has 1 N–H and O–H groups in total. The number of carboxylic acids is 1. The zero-order valence-corrected chi connectivity index (χ0v) is 11.5. The van der Waals surface area contributed by atoms with Gasteiger partial charge in [-0.3, -0.25) is 9.69 Å². The van der Waals surface area contributed by atoms with Gasteiger partial charge < -0.3 is 9.84 Å². The van der Waals surface area contributed by atoms with Gasteiger partial charge in [-0.25, -0.2) is 0 Å². The number of nitrogens with zero attached hydrogens (tertiary/aromatic N) is 1. The van der Waals surface area contributed by atoms with Crippen molar-refractivity contribution < 1.29 is 14.6 Å². The van der Waals surface area contributed by atoms with Gasteiger partial charge in [-0.2, -0.15) is 11.8 Å². The van der Waals surface area contributed by atoms with Crippen molar-refractivity contribution in [1.29, 1.82) is 0 Å². The molecule has 0 aromatic carbocycles. The summed E-state index contributed by atoms with van der Waals surface area (Å²) in [4.78, 5) is 13.1. The summed E-state index contributed by atoms with van der Waals surface area (Å²) in [5.41, 5.74) is 0. The highest BCUT2D eigenvalue weighted by atomic mass is 32.2. The number of rotatable bonds is 7. The molecular weight excluding hydrogens is 238 g/mol. The van der Waals surface area contributed by atoms with Gasteiger partial charge in [0.05, 0.1) is 6.61 Å². The number of hydrogen-bond donors (Lipinski definition) is 1.